The maximum Gasteiger partial charge on any atom is 0.159 e. The van der Waals surface area contributed by atoms with Crippen LogP contribution in [0.4, 0.5) is 8.78 Å². The number of hydrogen-bond donors (Lipinski definition) is 1. The van der Waals surface area contributed by atoms with Gasteiger partial charge in [0.25, 0.3) is 0 Å². The highest BCUT2D eigenvalue weighted by atomic mass is 19.2. The van der Waals surface area contributed by atoms with Crippen LogP contribution >= 0.6 is 0 Å². The average Bonchev–Trinajstić information content (AvgIpc) is 2.40. The fraction of sp³-hybridized carbons (Fsp3) is 0.267. The molecule has 2 aromatic rings. The zero-order valence-electron chi connectivity index (χ0n) is 11.0. The zero-order chi connectivity index (χ0) is 13.8. The van der Waals surface area contributed by atoms with Gasteiger partial charge in [0.15, 0.2) is 11.6 Å². The smallest absolute Gasteiger partial charge is 0.159 e. The Hall–Kier alpha value is -1.81. The van der Waals surface area contributed by atoms with Crippen LogP contribution < -0.4 is 5.32 Å². The van der Waals surface area contributed by atoms with E-state index in [1.54, 1.807) is 18.5 Å². The number of halogens is 2. The predicted octanol–water partition coefficient (Wildman–Crippen LogP) is 3.37. The fourth-order valence-corrected chi connectivity index (χ4v) is 2.11. The second-order valence-corrected chi connectivity index (χ2v) is 4.40. The van der Waals surface area contributed by atoms with E-state index in [1.165, 1.54) is 6.07 Å². The molecular formula is C15H16F2N2. The van der Waals surface area contributed by atoms with Crippen LogP contribution in [0.1, 0.15) is 29.7 Å². The first-order valence-corrected chi connectivity index (χ1v) is 6.22. The van der Waals surface area contributed by atoms with Crippen LogP contribution in [0.2, 0.25) is 0 Å². The van der Waals surface area contributed by atoms with Crippen LogP contribution in [0.25, 0.3) is 0 Å². The van der Waals surface area contributed by atoms with E-state index < -0.39 is 11.6 Å². The Morgan fingerprint density at radius 3 is 2.63 bits per heavy atom. The van der Waals surface area contributed by atoms with Gasteiger partial charge in [0.1, 0.15) is 0 Å². The molecule has 1 N–H and O–H groups in total. The second kappa shape index (κ2) is 5.89. The Balaban J connectivity index is 2.45. The molecule has 4 heteroatoms. The lowest BCUT2D eigenvalue weighted by Gasteiger charge is -2.20. The van der Waals surface area contributed by atoms with Crippen LogP contribution in [0.5, 0.6) is 0 Å². The summed E-state index contributed by atoms with van der Waals surface area (Å²) in [6.45, 7) is 4.65. The van der Waals surface area contributed by atoms with Gasteiger partial charge >= 0.3 is 0 Å². The number of aryl methyl sites for hydroxylation is 1. The van der Waals surface area contributed by atoms with E-state index in [1.807, 2.05) is 19.9 Å². The van der Waals surface area contributed by atoms with E-state index in [-0.39, 0.29) is 6.04 Å². The van der Waals surface area contributed by atoms with Gasteiger partial charge in [0, 0.05) is 12.4 Å². The van der Waals surface area contributed by atoms with Gasteiger partial charge < -0.3 is 5.32 Å². The summed E-state index contributed by atoms with van der Waals surface area (Å²) in [6, 6.07) is 5.73. The first-order valence-electron chi connectivity index (χ1n) is 6.22. The van der Waals surface area contributed by atoms with Gasteiger partial charge in [0.05, 0.1) is 6.04 Å². The summed E-state index contributed by atoms with van der Waals surface area (Å²) >= 11 is 0. The molecule has 1 aromatic heterocycles. The largest absolute Gasteiger partial charge is 0.307 e. The summed E-state index contributed by atoms with van der Waals surface area (Å²) in [4.78, 5) is 4.05. The Bertz CT molecular complexity index is 570. The number of nitrogens with zero attached hydrogens (tertiary/aromatic N) is 1. The van der Waals surface area contributed by atoms with Crippen molar-refractivity contribution < 1.29 is 8.78 Å². The minimum absolute atomic E-state index is 0.164. The molecule has 0 aliphatic carbocycles. The second-order valence-electron chi connectivity index (χ2n) is 4.40. The molecule has 1 unspecified atom stereocenters. The van der Waals surface area contributed by atoms with Gasteiger partial charge in [-0.2, -0.15) is 0 Å². The van der Waals surface area contributed by atoms with Gasteiger partial charge in [-0.25, -0.2) is 8.78 Å². The third kappa shape index (κ3) is 2.96. The molecule has 0 spiro atoms. The van der Waals surface area contributed by atoms with Crippen molar-refractivity contribution in [2.24, 2.45) is 0 Å². The number of pyridine rings is 1. The highest BCUT2D eigenvalue weighted by Crippen LogP contribution is 2.25. The van der Waals surface area contributed by atoms with E-state index in [2.05, 4.69) is 10.3 Å². The Morgan fingerprint density at radius 2 is 2.00 bits per heavy atom. The molecule has 1 atom stereocenters. The maximum absolute atomic E-state index is 13.4. The molecule has 2 nitrogen and oxygen atoms in total. The van der Waals surface area contributed by atoms with Crippen molar-refractivity contribution in [1.29, 1.82) is 0 Å². The number of aromatic nitrogens is 1. The van der Waals surface area contributed by atoms with Crippen molar-refractivity contribution in [3.63, 3.8) is 0 Å². The van der Waals surface area contributed by atoms with Crippen LogP contribution in [0.15, 0.2) is 36.7 Å². The summed E-state index contributed by atoms with van der Waals surface area (Å²) in [6.07, 6.45) is 3.46. The highest BCUT2D eigenvalue weighted by Gasteiger charge is 2.16. The predicted molar refractivity (Wildman–Crippen MR) is 70.9 cm³/mol. The summed E-state index contributed by atoms with van der Waals surface area (Å²) in [5.74, 6) is -1.66. The minimum Gasteiger partial charge on any atom is -0.307 e. The van der Waals surface area contributed by atoms with Gasteiger partial charge in [-0.3, -0.25) is 4.98 Å². The maximum atomic E-state index is 13.4. The molecule has 0 fully saturated rings. The first kappa shape index (κ1) is 13.6. The van der Waals surface area contributed by atoms with E-state index in [9.17, 15) is 8.78 Å². The van der Waals surface area contributed by atoms with Crippen molar-refractivity contribution in [3.8, 4) is 0 Å². The minimum atomic E-state index is -0.828. The molecule has 0 amide bonds. The molecule has 0 aliphatic heterocycles. The third-order valence-electron chi connectivity index (χ3n) is 3.06. The van der Waals surface area contributed by atoms with Crippen LogP contribution in [0.3, 0.4) is 0 Å². The SMILES string of the molecule is CCNC(c1ccc(F)c(F)c1)c1ccncc1C. The molecule has 0 saturated heterocycles. The van der Waals surface area contributed by atoms with Crippen LogP contribution in [-0.4, -0.2) is 11.5 Å². The van der Waals surface area contributed by atoms with Crippen molar-refractivity contribution in [1.82, 2.24) is 10.3 Å². The molecule has 0 aliphatic rings. The van der Waals surface area contributed by atoms with E-state index >= 15 is 0 Å². The normalized spacial score (nSPS) is 12.4. The highest BCUT2D eigenvalue weighted by molar-refractivity contribution is 5.35. The zero-order valence-corrected chi connectivity index (χ0v) is 11.0. The average molecular weight is 262 g/mol. The summed E-state index contributed by atoms with van der Waals surface area (Å²) in [7, 11) is 0. The molecule has 19 heavy (non-hydrogen) atoms. The van der Waals surface area contributed by atoms with Gasteiger partial charge in [0.2, 0.25) is 0 Å². The molecule has 100 valence electrons. The Labute approximate surface area is 111 Å². The lowest BCUT2D eigenvalue weighted by Crippen LogP contribution is -2.23. The summed E-state index contributed by atoms with van der Waals surface area (Å²) in [5, 5.41) is 3.29. The first-order chi connectivity index (χ1) is 9.13. The standard InChI is InChI=1S/C15H16F2N2/c1-3-19-15(12-6-7-18-9-10(12)2)11-4-5-13(16)14(17)8-11/h4-9,15,19H,3H2,1-2H3. The summed E-state index contributed by atoms with van der Waals surface area (Å²) < 4.78 is 26.4. The molecule has 2 rings (SSSR count). The van der Waals surface area contributed by atoms with E-state index in [0.717, 1.165) is 23.7 Å². The lowest BCUT2D eigenvalue weighted by molar-refractivity contribution is 0.503. The number of hydrogen-bond acceptors (Lipinski definition) is 2. The van der Waals surface area contributed by atoms with Crippen molar-refractivity contribution in [3.05, 3.63) is 65.0 Å². The van der Waals surface area contributed by atoms with Crippen molar-refractivity contribution >= 4 is 0 Å². The molecule has 0 radical (unpaired) electrons. The summed E-state index contributed by atoms with van der Waals surface area (Å²) in [5.41, 5.74) is 2.73. The lowest BCUT2D eigenvalue weighted by atomic mass is 9.96. The topological polar surface area (TPSA) is 24.9 Å². The molecular weight excluding hydrogens is 246 g/mol. The van der Waals surface area contributed by atoms with Crippen LogP contribution in [0, 0.1) is 18.6 Å². The van der Waals surface area contributed by atoms with Gasteiger partial charge in [-0.1, -0.05) is 13.0 Å². The van der Waals surface area contributed by atoms with Crippen molar-refractivity contribution in [2.75, 3.05) is 6.54 Å². The molecule has 1 heterocycles. The number of benzene rings is 1. The Kier molecular flexibility index (Phi) is 4.22. The molecule has 1 aromatic carbocycles. The number of nitrogens with one attached hydrogen (secondary N) is 1. The van der Waals surface area contributed by atoms with Gasteiger partial charge in [-0.15, -0.1) is 0 Å². The number of rotatable bonds is 4. The quantitative estimate of drug-likeness (QED) is 0.913. The van der Waals surface area contributed by atoms with Crippen LogP contribution in [-0.2, 0) is 0 Å². The van der Waals surface area contributed by atoms with E-state index in [4.69, 9.17) is 0 Å². The fourth-order valence-electron chi connectivity index (χ4n) is 2.11. The van der Waals surface area contributed by atoms with Gasteiger partial charge in [-0.05, 0) is 48.4 Å². The molecule has 0 bridgehead atoms. The monoisotopic (exact) mass is 262 g/mol. The van der Waals surface area contributed by atoms with Crippen molar-refractivity contribution in [2.45, 2.75) is 19.9 Å². The van der Waals surface area contributed by atoms with E-state index in [0.29, 0.717) is 5.56 Å². The third-order valence-corrected chi connectivity index (χ3v) is 3.06. The molecule has 0 saturated carbocycles. The Morgan fingerprint density at radius 1 is 1.21 bits per heavy atom.